The van der Waals surface area contributed by atoms with Crippen molar-refractivity contribution in [2.75, 3.05) is 18.5 Å². The third kappa shape index (κ3) is 6.35. The smallest absolute Gasteiger partial charge is 0.411 e. The molecule has 6 nitrogen and oxygen atoms in total. The van der Waals surface area contributed by atoms with Gasteiger partial charge in [0.05, 0.1) is 13.2 Å². The van der Waals surface area contributed by atoms with Gasteiger partial charge in [0.15, 0.2) is 0 Å². The predicted octanol–water partition coefficient (Wildman–Crippen LogP) is 1.84. The van der Waals surface area contributed by atoms with E-state index >= 15 is 0 Å². The number of ether oxygens (including phenoxy) is 1. The quantitative estimate of drug-likeness (QED) is 0.447. The van der Waals surface area contributed by atoms with Gasteiger partial charge in [-0.1, -0.05) is 12.1 Å². The van der Waals surface area contributed by atoms with E-state index in [1.807, 2.05) is 0 Å². The standard InChI is InChI=1S/C13H16N2O4/c16-6-1-2-7-19-13(18)15-12-5-3-4-11(8-12)9-14-10-17/h3-5,8,16H,1-2,6-7,9H2,(H,15,18). The highest BCUT2D eigenvalue weighted by molar-refractivity contribution is 5.84. The molecule has 19 heavy (non-hydrogen) atoms. The SMILES string of the molecule is O=C=NCc1cccc(NC(=O)OCCCCO)c1. The van der Waals surface area contributed by atoms with E-state index in [1.54, 1.807) is 24.3 Å². The molecule has 1 rings (SSSR count). The van der Waals surface area contributed by atoms with Crippen molar-refractivity contribution < 1.29 is 19.4 Å². The molecular weight excluding hydrogens is 248 g/mol. The number of carbonyl (C=O) groups excluding carboxylic acids is 2. The molecule has 0 saturated heterocycles. The minimum absolute atomic E-state index is 0.0876. The molecule has 0 atom stereocenters. The topological polar surface area (TPSA) is 88.0 Å². The van der Waals surface area contributed by atoms with Crippen LogP contribution in [-0.4, -0.2) is 30.5 Å². The second kappa shape index (κ2) is 8.85. The molecule has 0 spiro atoms. The number of amides is 1. The summed E-state index contributed by atoms with van der Waals surface area (Å²) in [5, 5.41) is 11.1. The van der Waals surface area contributed by atoms with Gasteiger partial charge in [-0.15, -0.1) is 0 Å². The second-order valence-electron chi connectivity index (χ2n) is 3.80. The van der Waals surface area contributed by atoms with Gasteiger partial charge in [-0.25, -0.2) is 14.6 Å². The van der Waals surface area contributed by atoms with Crippen LogP contribution in [0.2, 0.25) is 0 Å². The molecule has 102 valence electrons. The van der Waals surface area contributed by atoms with Gasteiger partial charge in [0.1, 0.15) is 0 Å². The predicted molar refractivity (Wildman–Crippen MR) is 69.6 cm³/mol. The van der Waals surface area contributed by atoms with Crippen molar-refractivity contribution in [2.45, 2.75) is 19.4 Å². The number of benzene rings is 1. The van der Waals surface area contributed by atoms with Gasteiger partial charge < -0.3 is 9.84 Å². The van der Waals surface area contributed by atoms with Crippen molar-refractivity contribution in [3.63, 3.8) is 0 Å². The van der Waals surface area contributed by atoms with E-state index in [2.05, 4.69) is 10.3 Å². The van der Waals surface area contributed by atoms with Crippen molar-refractivity contribution in [1.29, 1.82) is 0 Å². The zero-order valence-electron chi connectivity index (χ0n) is 10.5. The van der Waals surface area contributed by atoms with Crippen molar-refractivity contribution in [3.05, 3.63) is 29.8 Å². The first-order chi connectivity index (χ1) is 9.26. The fraction of sp³-hybridized carbons (Fsp3) is 0.385. The maximum atomic E-state index is 11.4. The lowest BCUT2D eigenvalue weighted by molar-refractivity contribution is 0.155. The molecule has 2 N–H and O–H groups in total. The summed E-state index contributed by atoms with van der Waals surface area (Å²) in [5.41, 5.74) is 1.37. The van der Waals surface area contributed by atoms with Crippen LogP contribution in [0.4, 0.5) is 10.5 Å². The molecule has 1 amide bonds. The fourth-order valence-corrected chi connectivity index (χ4v) is 1.40. The number of unbranched alkanes of at least 4 members (excludes halogenated alkanes) is 1. The van der Waals surface area contributed by atoms with E-state index < -0.39 is 6.09 Å². The largest absolute Gasteiger partial charge is 0.449 e. The Morgan fingerprint density at radius 2 is 2.26 bits per heavy atom. The zero-order valence-corrected chi connectivity index (χ0v) is 10.5. The number of aliphatic hydroxyl groups is 1. The number of nitrogens with zero attached hydrogens (tertiary/aromatic N) is 1. The van der Waals surface area contributed by atoms with Crippen molar-refractivity contribution in [2.24, 2.45) is 4.99 Å². The lowest BCUT2D eigenvalue weighted by atomic mass is 10.2. The molecule has 1 aromatic rings. The van der Waals surface area contributed by atoms with E-state index in [4.69, 9.17) is 9.84 Å². The van der Waals surface area contributed by atoms with Gasteiger partial charge in [-0.2, -0.15) is 0 Å². The van der Waals surface area contributed by atoms with Crippen LogP contribution in [0.25, 0.3) is 0 Å². The number of isocyanates is 1. The fourth-order valence-electron chi connectivity index (χ4n) is 1.40. The van der Waals surface area contributed by atoms with Crippen LogP contribution in [-0.2, 0) is 16.1 Å². The number of nitrogens with one attached hydrogen (secondary N) is 1. The summed E-state index contributed by atoms with van der Waals surface area (Å²) in [6.07, 6.45) is 2.14. The summed E-state index contributed by atoms with van der Waals surface area (Å²) in [7, 11) is 0. The molecule has 1 aromatic carbocycles. The number of anilines is 1. The summed E-state index contributed by atoms with van der Waals surface area (Å²) in [6.45, 7) is 0.580. The van der Waals surface area contributed by atoms with Gasteiger partial charge in [-0.05, 0) is 30.5 Å². The highest BCUT2D eigenvalue weighted by Crippen LogP contribution is 2.11. The Hall–Kier alpha value is -2.17. The maximum absolute atomic E-state index is 11.4. The summed E-state index contributed by atoms with van der Waals surface area (Å²) in [4.78, 5) is 24.9. The Labute approximate surface area is 111 Å². The second-order valence-corrected chi connectivity index (χ2v) is 3.80. The normalized spacial score (nSPS) is 9.53. The zero-order chi connectivity index (χ0) is 13.9. The molecule has 0 aliphatic heterocycles. The van der Waals surface area contributed by atoms with E-state index in [1.165, 1.54) is 6.08 Å². The lowest BCUT2D eigenvalue weighted by Gasteiger charge is -2.07. The molecule has 0 aliphatic rings. The van der Waals surface area contributed by atoms with E-state index in [0.717, 1.165) is 5.56 Å². The minimum atomic E-state index is -0.547. The third-order valence-corrected chi connectivity index (χ3v) is 2.29. The first kappa shape index (κ1) is 14.9. The van der Waals surface area contributed by atoms with Crippen LogP contribution in [0.1, 0.15) is 18.4 Å². The first-order valence-electron chi connectivity index (χ1n) is 5.93. The van der Waals surface area contributed by atoms with Crippen molar-refractivity contribution >= 4 is 17.9 Å². The Morgan fingerprint density at radius 3 is 3.00 bits per heavy atom. The van der Waals surface area contributed by atoms with Gasteiger partial charge in [0, 0.05) is 12.3 Å². The Balaban J connectivity index is 2.42. The molecule has 0 fully saturated rings. The monoisotopic (exact) mass is 264 g/mol. The molecule has 0 unspecified atom stereocenters. The molecule has 0 aromatic heterocycles. The Bertz CT molecular complexity index is 456. The summed E-state index contributed by atoms with van der Waals surface area (Å²) in [5.74, 6) is 0. The van der Waals surface area contributed by atoms with E-state index in [9.17, 15) is 9.59 Å². The highest BCUT2D eigenvalue weighted by Gasteiger charge is 2.03. The average molecular weight is 264 g/mol. The summed E-state index contributed by atoms with van der Waals surface area (Å²) < 4.78 is 4.92. The summed E-state index contributed by atoms with van der Waals surface area (Å²) in [6, 6.07) is 6.95. The van der Waals surface area contributed by atoms with Crippen LogP contribution >= 0.6 is 0 Å². The van der Waals surface area contributed by atoms with Crippen LogP contribution < -0.4 is 5.32 Å². The van der Waals surface area contributed by atoms with Crippen LogP contribution in [0.15, 0.2) is 29.3 Å². The number of hydrogen-bond acceptors (Lipinski definition) is 5. The number of aliphatic hydroxyl groups excluding tert-OH is 1. The maximum Gasteiger partial charge on any atom is 0.411 e. The summed E-state index contributed by atoms with van der Waals surface area (Å²) >= 11 is 0. The molecular formula is C13H16N2O4. The molecule has 0 bridgehead atoms. The lowest BCUT2D eigenvalue weighted by Crippen LogP contribution is -2.14. The first-order valence-corrected chi connectivity index (χ1v) is 5.93. The molecule has 0 heterocycles. The molecule has 6 heteroatoms. The number of hydrogen-bond donors (Lipinski definition) is 2. The Morgan fingerprint density at radius 1 is 1.42 bits per heavy atom. The number of rotatable bonds is 7. The van der Waals surface area contributed by atoms with E-state index in [-0.39, 0.29) is 19.8 Å². The molecule has 0 aliphatic carbocycles. The van der Waals surface area contributed by atoms with Gasteiger partial charge in [-0.3, -0.25) is 5.32 Å². The van der Waals surface area contributed by atoms with E-state index in [0.29, 0.717) is 18.5 Å². The number of carbonyl (C=O) groups is 1. The molecule has 0 radical (unpaired) electrons. The van der Waals surface area contributed by atoms with Crippen molar-refractivity contribution in [1.82, 2.24) is 0 Å². The van der Waals surface area contributed by atoms with Gasteiger partial charge >= 0.3 is 6.09 Å². The minimum Gasteiger partial charge on any atom is -0.449 e. The average Bonchev–Trinajstić information content (AvgIpc) is 2.42. The third-order valence-electron chi connectivity index (χ3n) is 2.29. The van der Waals surface area contributed by atoms with Crippen LogP contribution in [0.5, 0.6) is 0 Å². The van der Waals surface area contributed by atoms with Crippen molar-refractivity contribution in [3.8, 4) is 0 Å². The number of aliphatic imine (C=N–C) groups is 1. The van der Waals surface area contributed by atoms with Gasteiger partial charge in [0.25, 0.3) is 0 Å². The van der Waals surface area contributed by atoms with Crippen LogP contribution in [0.3, 0.4) is 0 Å². The Kier molecular flexibility index (Phi) is 6.94. The van der Waals surface area contributed by atoms with Gasteiger partial charge in [0.2, 0.25) is 6.08 Å². The molecule has 0 saturated carbocycles. The highest BCUT2D eigenvalue weighted by atomic mass is 16.5. The van der Waals surface area contributed by atoms with Crippen LogP contribution in [0, 0.1) is 0 Å².